The van der Waals surface area contributed by atoms with Gasteiger partial charge in [-0.05, 0) is 0 Å². The number of ether oxygens (including phenoxy) is 2. The van der Waals surface area contributed by atoms with E-state index >= 15 is 0 Å². The fraction of sp³-hybridized carbons (Fsp3) is 0.375. The van der Waals surface area contributed by atoms with Crippen LogP contribution in [0, 0.1) is 0 Å². The predicted molar refractivity (Wildman–Crippen MR) is 124 cm³/mol. The number of aromatic nitrogens is 6. The summed E-state index contributed by atoms with van der Waals surface area (Å²) in [6, 6.07) is 0. The Morgan fingerprint density at radius 3 is 2.00 bits per heavy atom. The molecule has 0 saturated carbocycles. The van der Waals surface area contributed by atoms with Crippen molar-refractivity contribution in [2.75, 3.05) is 38.9 Å². The van der Waals surface area contributed by atoms with E-state index in [1.807, 2.05) is 0 Å². The zero-order chi connectivity index (χ0) is 23.4. The quantitative estimate of drug-likeness (QED) is 0.305. The Balaban J connectivity index is 0.000000181. The van der Waals surface area contributed by atoms with E-state index in [1.165, 1.54) is 16.2 Å². The Kier molecular flexibility index (Phi) is 7.57. The average Bonchev–Trinajstić information content (AvgIpc) is 3.22. The molecule has 16 heteroatoms. The average molecular weight is 503 g/mol. The topological polar surface area (TPSA) is 186 Å². The van der Waals surface area contributed by atoms with Crippen LogP contribution < -0.4 is 26.8 Å². The third kappa shape index (κ3) is 4.97. The summed E-state index contributed by atoms with van der Waals surface area (Å²) in [4.78, 5) is 48.5. The van der Waals surface area contributed by atoms with Gasteiger partial charge in [-0.1, -0.05) is 34.3 Å². The van der Waals surface area contributed by atoms with Gasteiger partial charge in [-0.3, -0.25) is 28.5 Å². The third-order valence-corrected chi connectivity index (χ3v) is 6.40. The van der Waals surface area contributed by atoms with E-state index in [-0.39, 0.29) is 37.1 Å². The minimum Gasteiger partial charge on any atom is -0.383 e. The molecule has 32 heavy (non-hydrogen) atoms. The molecule has 0 aliphatic rings. The first-order chi connectivity index (χ1) is 15.3. The Labute approximate surface area is 192 Å². The van der Waals surface area contributed by atoms with Crippen molar-refractivity contribution in [2.24, 2.45) is 0 Å². The molecule has 172 valence electrons. The van der Waals surface area contributed by atoms with Gasteiger partial charge in [-0.25, -0.2) is 0 Å². The van der Waals surface area contributed by atoms with Crippen molar-refractivity contribution >= 4 is 66.9 Å². The second-order valence-corrected chi connectivity index (χ2v) is 8.44. The van der Waals surface area contributed by atoms with E-state index in [0.717, 1.165) is 22.7 Å². The molecule has 0 spiro atoms. The Bertz CT molecular complexity index is 1420. The number of halogens is 1. The first-order valence-corrected chi connectivity index (χ1v) is 11.0. The summed E-state index contributed by atoms with van der Waals surface area (Å²) in [5.74, 6) is 0.0583. The third-order valence-electron chi connectivity index (χ3n) is 4.07. The summed E-state index contributed by atoms with van der Waals surface area (Å²) < 4.78 is 13.5. The number of nitrogens with one attached hydrogen (secondary N) is 1. The number of hydrogen-bond acceptors (Lipinski definition) is 12. The number of nitrogens with zero attached hydrogens (tertiary/aromatic N) is 5. The zero-order valence-corrected chi connectivity index (χ0v) is 19.3. The molecule has 0 bridgehead atoms. The number of H-pyrrole nitrogens is 1. The second kappa shape index (κ2) is 10.2. The maximum absolute atomic E-state index is 11.7. The van der Waals surface area contributed by atoms with E-state index in [4.69, 9.17) is 32.5 Å². The standard InChI is InChI=1S/C8H9ClN4O2S.C8H10N4O3S/c1-15-3-2-13-6-4(16-8(13)14)5(9)11-7(10)12-6;1-15-3-2-12-5-4(16-8(12)14)6(13)11-7(9)10-5/h2-3H2,1H3,(H2,10,11,12);2-3H2,1H3,(H3,9,10,11,13). The van der Waals surface area contributed by atoms with Crippen molar-refractivity contribution in [1.29, 1.82) is 0 Å². The molecule has 0 fully saturated rings. The Morgan fingerprint density at radius 2 is 1.44 bits per heavy atom. The first-order valence-electron chi connectivity index (χ1n) is 8.96. The van der Waals surface area contributed by atoms with Gasteiger partial charge in [-0.2, -0.15) is 15.0 Å². The minimum atomic E-state index is -0.388. The van der Waals surface area contributed by atoms with Crippen LogP contribution >= 0.6 is 34.3 Å². The van der Waals surface area contributed by atoms with E-state index < -0.39 is 0 Å². The van der Waals surface area contributed by atoms with Crippen molar-refractivity contribution in [2.45, 2.75) is 13.1 Å². The Hall–Kier alpha value is -2.85. The van der Waals surface area contributed by atoms with Crippen LogP contribution in [0.15, 0.2) is 14.4 Å². The molecule has 0 aliphatic carbocycles. The normalized spacial score (nSPS) is 11.1. The molecule has 5 N–H and O–H groups in total. The highest BCUT2D eigenvalue weighted by molar-refractivity contribution is 7.17. The van der Waals surface area contributed by atoms with Crippen LogP contribution in [-0.2, 0) is 22.6 Å². The van der Waals surface area contributed by atoms with Gasteiger partial charge < -0.3 is 20.9 Å². The summed E-state index contributed by atoms with van der Waals surface area (Å²) in [5, 5.41) is 0.209. The second-order valence-electron chi connectivity index (χ2n) is 6.15. The number of anilines is 2. The monoisotopic (exact) mass is 502 g/mol. The molecule has 0 radical (unpaired) electrons. The van der Waals surface area contributed by atoms with Crippen molar-refractivity contribution in [1.82, 2.24) is 29.1 Å². The van der Waals surface area contributed by atoms with E-state index in [0.29, 0.717) is 42.3 Å². The molecule has 0 aliphatic heterocycles. The number of rotatable bonds is 6. The van der Waals surface area contributed by atoms with Gasteiger partial charge in [-0.15, -0.1) is 0 Å². The van der Waals surface area contributed by atoms with Crippen LogP contribution in [0.4, 0.5) is 11.9 Å². The van der Waals surface area contributed by atoms with Gasteiger partial charge in [0.15, 0.2) is 16.4 Å². The van der Waals surface area contributed by atoms with Gasteiger partial charge in [0.05, 0.1) is 26.3 Å². The Morgan fingerprint density at radius 1 is 0.906 bits per heavy atom. The molecular formula is C16H19ClN8O5S2. The molecule has 4 heterocycles. The lowest BCUT2D eigenvalue weighted by Crippen LogP contribution is -2.17. The highest BCUT2D eigenvalue weighted by atomic mass is 35.5. The molecule has 0 aromatic carbocycles. The lowest BCUT2D eigenvalue weighted by molar-refractivity contribution is 0.187. The number of aromatic amines is 1. The number of thiazole rings is 2. The van der Waals surface area contributed by atoms with Crippen LogP contribution in [0.3, 0.4) is 0 Å². The zero-order valence-electron chi connectivity index (χ0n) is 17.0. The van der Waals surface area contributed by atoms with E-state index in [9.17, 15) is 14.4 Å². The first kappa shape index (κ1) is 23.8. The molecule has 4 aromatic heterocycles. The number of hydrogen-bond donors (Lipinski definition) is 3. The highest BCUT2D eigenvalue weighted by Crippen LogP contribution is 2.23. The van der Waals surface area contributed by atoms with Crippen LogP contribution in [-0.4, -0.2) is 56.5 Å². The molecule has 0 unspecified atom stereocenters. The maximum Gasteiger partial charge on any atom is 0.309 e. The molecule has 0 amide bonds. The number of nitrogen functional groups attached to an aromatic ring is 2. The predicted octanol–water partition coefficient (Wildman–Crippen LogP) is 0.110. The van der Waals surface area contributed by atoms with Gasteiger partial charge in [0.2, 0.25) is 11.9 Å². The number of fused-ring (bicyclic) bond motifs is 2. The van der Waals surface area contributed by atoms with Crippen molar-refractivity contribution in [3.63, 3.8) is 0 Å². The van der Waals surface area contributed by atoms with Crippen LogP contribution in [0.5, 0.6) is 0 Å². The van der Waals surface area contributed by atoms with Crippen molar-refractivity contribution in [3.8, 4) is 0 Å². The highest BCUT2D eigenvalue weighted by Gasteiger charge is 2.14. The lowest BCUT2D eigenvalue weighted by Gasteiger charge is -2.02. The summed E-state index contributed by atoms with van der Waals surface area (Å²) in [6.45, 7) is 1.57. The smallest absolute Gasteiger partial charge is 0.309 e. The summed E-state index contributed by atoms with van der Waals surface area (Å²) in [6.07, 6.45) is 0. The fourth-order valence-corrected chi connectivity index (χ4v) is 4.64. The van der Waals surface area contributed by atoms with Crippen molar-refractivity contribution in [3.05, 3.63) is 34.8 Å². The molecule has 0 saturated heterocycles. The summed E-state index contributed by atoms with van der Waals surface area (Å²) in [5.41, 5.74) is 11.3. The van der Waals surface area contributed by atoms with Gasteiger partial charge >= 0.3 is 9.75 Å². The fourth-order valence-electron chi connectivity index (χ4n) is 2.66. The summed E-state index contributed by atoms with van der Waals surface area (Å²) in [7, 11) is 3.10. The largest absolute Gasteiger partial charge is 0.383 e. The van der Waals surface area contributed by atoms with Crippen LogP contribution in [0.2, 0.25) is 5.15 Å². The summed E-state index contributed by atoms with van der Waals surface area (Å²) >= 11 is 7.74. The van der Waals surface area contributed by atoms with E-state index in [1.54, 1.807) is 7.11 Å². The SMILES string of the molecule is COCCn1c(=O)sc2c(=O)[nH]c(N)nc21.COCCn1c(=O)sc2c(Cl)nc(N)nc21. The lowest BCUT2D eigenvalue weighted by atomic mass is 10.5. The molecule has 4 aromatic rings. The van der Waals surface area contributed by atoms with Crippen LogP contribution in [0.25, 0.3) is 20.7 Å². The molecule has 4 rings (SSSR count). The number of nitrogens with two attached hydrogens (primary N) is 2. The molecule has 13 nitrogen and oxygen atoms in total. The van der Waals surface area contributed by atoms with Gasteiger partial charge in [0, 0.05) is 14.2 Å². The van der Waals surface area contributed by atoms with Crippen molar-refractivity contribution < 1.29 is 9.47 Å². The van der Waals surface area contributed by atoms with Crippen LogP contribution in [0.1, 0.15) is 0 Å². The molecule has 0 atom stereocenters. The molecular weight excluding hydrogens is 484 g/mol. The minimum absolute atomic E-state index is 0.00136. The maximum atomic E-state index is 11.7. The number of methoxy groups -OCH3 is 2. The van der Waals surface area contributed by atoms with Gasteiger partial charge in [0.1, 0.15) is 9.40 Å². The van der Waals surface area contributed by atoms with E-state index in [2.05, 4.69) is 19.9 Å². The van der Waals surface area contributed by atoms with Gasteiger partial charge in [0.25, 0.3) is 5.56 Å².